The van der Waals surface area contributed by atoms with E-state index in [9.17, 15) is 14.3 Å². The topological polar surface area (TPSA) is 92.9 Å². The molecule has 1 aromatic carbocycles. The first-order valence-electron chi connectivity index (χ1n) is 10.3. The highest BCUT2D eigenvalue weighted by Gasteiger charge is 2.25. The minimum absolute atomic E-state index is 0.0320. The molecule has 0 amide bonds. The Bertz CT molecular complexity index is 1470. The minimum Gasteiger partial charge on any atom is -0.493 e. The van der Waals surface area contributed by atoms with Crippen molar-refractivity contribution in [2.45, 2.75) is 24.7 Å². The molecule has 33 heavy (non-hydrogen) atoms. The first-order chi connectivity index (χ1) is 15.9. The molecule has 1 aliphatic rings. The van der Waals surface area contributed by atoms with Gasteiger partial charge in [-0.15, -0.1) is 11.8 Å². The molecule has 168 valence electrons. The molecule has 0 saturated heterocycles. The number of halogens is 2. The maximum atomic E-state index is 15.2. The third-order valence-electron chi connectivity index (χ3n) is 5.41. The zero-order chi connectivity index (χ0) is 23.3. The largest absolute Gasteiger partial charge is 0.493 e. The van der Waals surface area contributed by atoms with Gasteiger partial charge in [0.1, 0.15) is 11.5 Å². The molecule has 5 rings (SSSR count). The summed E-state index contributed by atoms with van der Waals surface area (Å²) in [5, 5.41) is 13.4. The molecule has 4 aromatic rings. The number of fused-ring (bicyclic) bond motifs is 5. The molecule has 0 spiro atoms. The number of nitrogens with one attached hydrogen (secondary N) is 1. The second kappa shape index (κ2) is 8.11. The van der Waals surface area contributed by atoms with E-state index in [-0.39, 0.29) is 28.2 Å². The smallest absolute Gasteiger partial charge is 0.357 e. The van der Waals surface area contributed by atoms with E-state index < -0.39 is 23.2 Å². The average molecular weight is 468 g/mol. The first kappa shape index (κ1) is 21.3. The van der Waals surface area contributed by atoms with E-state index in [2.05, 4.69) is 20.3 Å². The highest BCUT2D eigenvalue weighted by Crippen LogP contribution is 2.37. The van der Waals surface area contributed by atoms with E-state index in [0.717, 1.165) is 11.0 Å². The maximum Gasteiger partial charge on any atom is 0.357 e. The summed E-state index contributed by atoms with van der Waals surface area (Å²) in [4.78, 5) is 26.4. The van der Waals surface area contributed by atoms with Crippen LogP contribution in [0.25, 0.3) is 28.0 Å². The van der Waals surface area contributed by atoms with Gasteiger partial charge in [0.25, 0.3) is 0 Å². The Hall–Kier alpha value is -3.53. The van der Waals surface area contributed by atoms with Crippen molar-refractivity contribution < 1.29 is 13.9 Å². The summed E-state index contributed by atoms with van der Waals surface area (Å²) in [6.07, 6.45) is 1.67. The van der Waals surface area contributed by atoms with Crippen molar-refractivity contribution >= 4 is 28.5 Å². The Morgan fingerprint density at radius 2 is 2.00 bits per heavy atom. The number of hydrogen-bond acceptors (Lipinski definition) is 7. The molecule has 1 aliphatic heterocycles. The van der Waals surface area contributed by atoms with Crippen LogP contribution in [0, 0.1) is 11.6 Å². The quantitative estimate of drug-likeness (QED) is 0.427. The van der Waals surface area contributed by atoms with E-state index in [1.54, 1.807) is 18.3 Å². The van der Waals surface area contributed by atoms with Gasteiger partial charge in [0, 0.05) is 29.1 Å². The molecule has 0 saturated carbocycles. The fourth-order valence-corrected chi connectivity index (χ4v) is 4.87. The maximum absolute atomic E-state index is 15.2. The van der Waals surface area contributed by atoms with E-state index in [4.69, 9.17) is 0 Å². The summed E-state index contributed by atoms with van der Waals surface area (Å²) in [6, 6.07) is 7.21. The Balaban J connectivity index is 1.99. The molecule has 0 unspecified atom stereocenters. The number of nitrogens with zero attached hydrogens (tertiary/aromatic N) is 4. The van der Waals surface area contributed by atoms with Crippen molar-refractivity contribution in [2.75, 3.05) is 17.6 Å². The lowest BCUT2D eigenvalue weighted by Crippen LogP contribution is -2.25. The molecule has 0 fully saturated rings. The van der Waals surface area contributed by atoms with Crippen LogP contribution in [0.2, 0.25) is 0 Å². The van der Waals surface area contributed by atoms with Crippen LogP contribution in [0.1, 0.15) is 25.5 Å². The minimum atomic E-state index is -0.847. The molecule has 7 nitrogen and oxygen atoms in total. The summed E-state index contributed by atoms with van der Waals surface area (Å²) in [5.41, 5.74) is 0.340. The Labute approximate surface area is 191 Å². The highest BCUT2D eigenvalue weighted by molar-refractivity contribution is 7.99. The molecule has 3 aromatic heterocycles. The molecular weight excluding hydrogens is 448 g/mol. The van der Waals surface area contributed by atoms with Crippen molar-refractivity contribution in [2.24, 2.45) is 0 Å². The number of anilines is 1. The number of aromatic nitrogens is 4. The number of thioether (sulfide) groups is 1. The lowest BCUT2D eigenvalue weighted by Gasteiger charge is -2.21. The van der Waals surface area contributed by atoms with Gasteiger partial charge in [0.15, 0.2) is 11.5 Å². The standard InChI is InChI=1S/C23H19F2N5O2S/c1-11(2)18-20-16(6-7-27-18)33-9-8-26-15-5-3-4-13(24)17(15)19-14(25)10-12-21(28-19)30(20)23(32)29-22(12)31/h3-7,10-11,26H,8-9H2,1-2H3,(H,29,31,32). The van der Waals surface area contributed by atoms with E-state index in [0.29, 0.717) is 29.4 Å². The zero-order valence-electron chi connectivity index (χ0n) is 17.8. The number of benzene rings is 1. The number of pyridine rings is 2. The van der Waals surface area contributed by atoms with Crippen LogP contribution in [0.4, 0.5) is 14.5 Å². The summed E-state index contributed by atoms with van der Waals surface area (Å²) < 4.78 is 31.4. The fraction of sp³-hybridized carbons (Fsp3) is 0.217. The number of aromatic hydroxyl groups is 1. The zero-order valence-corrected chi connectivity index (χ0v) is 18.6. The van der Waals surface area contributed by atoms with Gasteiger partial charge in [-0.3, -0.25) is 4.98 Å². The van der Waals surface area contributed by atoms with Gasteiger partial charge in [0.2, 0.25) is 5.88 Å². The lowest BCUT2D eigenvalue weighted by atomic mass is 10.1. The summed E-state index contributed by atoms with van der Waals surface area (Å²) >= 11 is 1.49. The van der Waals surface area contributed by atoms with E-state index in [1.807, 2.05) is 13.8 Å². The molecule has 4 heterocycles. The van der Waals surface area contributed by atoms with Gasteiger partial charge in [-0.05, 0) is 30.2 Å². The van der Waals surface area contributed by atoms with Crippen LogP contribution in [0.5, 0.6) is 5.88 Å². The summed E-state index contributed by atoms with van der Waals surface area (Å²) in [7, 11) is 0. The SMILES string of the molecule is CC(C)c1nccc2c1-n1c(=O)nc(O)c3cc(F)c(nc31)-c1c(F)cccc1NCCS2. The van der Waals surface area contributed by atoms with Crippen LogP contribution in [0.3, 0.4) is 0 Å². The van der Waals surface area contributed by atoms with Crippen LogP contribution in [0.15, 0.2) is 46.2 Å². The summed E-state index contributed by atoms with van der Waals surface area (Å²) in [5.74, 6) is -1.63. The van der Waals surface area contributed by atoms with Gasteiger partial charge in [-0.1, -0.05) is 19.9 Å². The predicted molar refractivity (Wildman–Crippen MR) is 123 cm³/mol. The first-order valence-corrected chi connectivity index (χ1v) is 11.3. The van der Waals surface area contributed by atoms with Crippen molar-refractivity contribution in [1.29, 1.82) is 0 Å². The van der Waals surface area contributed by atoms with Gasteiger partial charge in [0.05, 0.1) is 22.3 Å². The molecule has 0 aliphatic carbocycles. The van der Waals surface area contributed by atoms with E-state index in [1.165, 1.54) is 28.5 Å². The average Bonchev–Trinajstić information content (AvgIpc) is 2.77. The van der Waals surface area contributed by atoms with Crippen molar-refractivity contribution in [3.63, 3.8) is 0 Å². The Morgan fingerprint density at radius 1 is 1.18 bits per heavy atom. The van der Waals surface area contributed by atoms with Crippen molar-refractivity contribution in [1.82, 2.24) is 19.5 Å². The van der Waals surface area contributed by atoms with Gasteiger partial charge in [-0.25, -0.2) is 23.1 Å². The van der Waals surface area contributed by atoms with Crippen LogP contribution >= 0.6 is 11.8 Å². The fourth-order valence-electron chi connectivity index (χ4n) is 3.96. The van der Waals surface area contributed by atoms with Crippen LogP contribution in [-0.4, -0.2) is 36.9 Å². The molecule has 2 bridgehead atoms. The lowest BCUT2D eigenvalue weighted by molar-refractivity contribution is 0.455. The predicted octanol–water partition coefficient (Wildman–Crippen LogP) is 4.47. The van der Waals surface area contributed by atoms with Gasteiger partial charge < -0.3 is 10.4 Å². The van der Waals surface area contributed by atoms with Crippen molar-refractivity contribution in [3.8, 4) is 22.8 Å². The molecular formula is C23H19F2N5O2S. The van der Waals surface area contributed by atoms with Crippen molar-refractivity contribution in [3.05, 3.63) is 64.3 Å². The van der Waals surface area contributed by atoms with Crippen LogP contribution < -0.4 is 11.0 Å². The second-order valence-electron chi connectivity index (χ2n) is 7.88. The normalized spacial score (nSPS) is 13.2. The van der Waals surface area contributed by atoms with Gasteiger partial charge >= 0.3 is 5.69 Å². The molecule has 10 heteroatoms. The van der Waals surface area contributed by atoms with Gasteiger partial charge in [-0.2, -0.15) is 4.98 Å². The second-order valence-corrected chi connectivity index (χ2v) is 9.02. The Kier molecular flexibility index (Phi) is 5.24. The molecule has 0 radical (unpaired) electrons. The van der Waals surface area contributed by atoms with Crippen LogP contribution in [-0.2, 0) is 0 Å². The molecule has 0 atom stereocenters. The molecule has 2 N–H and O–H groups in total. The number of hydrogen-bond donors (Lipinski definition) is 2. The Morgan fingerprint density at radius 3 is 2.79 bits per heavy atom. The third kappa shape index (κ3) is 3.50. The summed E-state index contributed by atoms with van der Waals surface area (Å²) in [6.45, 7) is 4.34. The number of rotatable bonds is 1. The monoisotopic (exact) mass is 467 g/mol. The highest BCUT2D eigenvalue weighted by atomic mass is 32.2. The van der Waals surface area contributed by atoms with E-state index >= 15 is 4.39 Å². The third-order valence-corrected chi connectivity index (χ3v) is 6.46.